The molecule has 0 radical (unpaired) electrons. The molecule has 7 heteroatoms. The molecule has 0 aliphatic rings. The van der Waals surface area contributed by atoms with Crippen molar-refractivity contribution in [3.63, 3.8) is 0 Å². The monoisotopic (exact) mass is 390 g/mol. The third-order valence-electron chi connectivity index (χ3n) is 2.93. The second-order valence-electron chi connectivity index (χ2n) is 4.68. The second-order valence-corrected chi connectivity index (χ2v) is 5.59. The highest BCUT2D eigenvalue weighted by molar-refractivity contribution is 9.10. The number of carbonyl (C=O) groups excluding carboxylic acids is 2. The van der Waals surface area contributed by atoms with Crippen LogP contribution in [0, 0.1) is 0 Å². The van der Waals surface area contributed by atoms with Crippen molar-refractivity contribution in [2.45, 2.75) is 0 Å². The van der Waals surface area contributed by atoms with Gasteiger partial charge in [-0.2, -0.15) is 0 Å². The van der Waals surface area contributed by atoms with Gasteiger partial charge in [0.05, 0.1) is 18.9 Å². The lowest BCUT2D eigenvalue weighted by Crippen LogP contribution is -2.17. The van der Waals surface area contributed by atoms with Crippen LogP contribution in [0.5, 0.6) is 0 Å². The van der Waals surface area contributed by atoms with Gasteiger partial charge < -0.3 is 14.9 Å². The molecule has 2 aromatic rings. The molecule has 2 aromatic carbocycles. The number of oxime groups is 1. The molecule has 6 nitrogen and oxygen atoms in total. The van der Waals surface area contributed by atoms with Crippen molar-refractivity contribution in [1.82, 2.24) is 0 Å². The molecule has 1 N–H and O–H groups in total. The van der Waals surface area contributed by atoms with Crippen LogP contribution < -0.4 is 5.32 Å². The van der Waals surface area contributed by atoms with Gasteiger partial charge in [0.2, 0.25) is 0 Å². The van der Waals surface area contributed by atoms with Crippen LogP contribution in [0.1, 0.15) is 15.9 Å². The lowest BCUT2D eigenvalue weighted by atomic mass is 10.2. The standard InChI is InChI=1S/C17H15BrN2O4/c1-23-17(22)13-4-8-15(9-5-13)20-16(21)11-24-19-10-12-2-6-14(18)7-3-12/h2-10H,11H2,1H3,(H,20,21)/b19-10-. The predicted octanol–water partition coefficient (Wildman–Crippen LogP) is 3.22. The number of benzene rings is 2. The lowest BCUT2D eigenvalue weighted by molar-refractivity contribution is -0.120. The van der Waals surface area contributed by atoms with Gasteiger partial charge in [-0.3, -0.25) is 4.79 Å². The van der Waals surface area contributed by atoms with E-state index >= 15 is 0 Å². The van der Waals surface area contributed by atoms with E-state index in [1.807, 2.05) is 24.3 Å². The molecule has 0 fully saturated rings. The molecule has 0 saturated heterocycles. The van der Waals surface area contributed by atoms with Crippen molar-refractivity contribution in [3.05, 3.63) is 64.1 Å². The largest absolute Gasteiger partial charge is 0.465 e. The first-order chi connectivity index (χ1) is 11.6. The Morgan fingerprint density at radius 1 is 1.12 bits per heavy atom. The molecule has 124 valence electrons. The van der Waals surface area contributed by atoms with E-state index in [1.165, 1.54) is 13.3 Å². The molecule has 0 aliphatic carbocycles. The first-order valence-corrected chi connectivity index (χ1v) is 7.77. The fraction of sp³-hybridized carbons (Fsp3) is 0.118. The number of nitrogens with one attached hydrogen (secondary N) is 1. The number of hydrogen-bond donors (Lipinski definition) is 1. The summed E-state index contributed by atoms with van der Waals surface area (Å²) in [5, 5.41) is 6.38. The Kier molecular flexibility index (Phi) is 6.51. The molecule has 0 aliphatic heterocycles. The molecular formula is C17H15BrN2O4. The summed E-state index contributed by atoms with van der Waals surface area (Å²) in [6.07, 6.45) is 1.52. The molecular weight excluding hydrogens is 376 g/mol. The number of methoxy groups -OCH3 is 1. The summed E-state index contributed by atoms with van der Waals surface area (Å²) < 4.78 is 5.57. The zero-order valence-corrected chi connectivity index (χ0v) is 14.4. The molecule has 24 heavy (non-hydrogen) atoms. The maximum atomic E-state index is 11.7. The minimum absolute atomic E-state index is 0.216. The highest BCUT2D eigenvalue weighted by Crippen LogP contribution is 2.11. The summed E-state index contributed by atoms with van der Waals surface area (Å²) in [6.45, 7) is -0.216. The Bertz CT molecular complexity index is 727. The number of carbonyl (C=O) groups is 2. The molecule has 0 saturated carbocycles. The van der Waals surface area contributed by atoms with Crippen LogP contribution in [0.15, 0.2) is 58.2 Å². The number of halogens is 1. The van der Waals surface area contributed by atoms with Gasteiger partial charge >= 0.3 is 5.97 Å². The van der Waals surface area contributed by atoms with E-state index < -0.39 is 5.97 Å². The third-order valence-corrected chi connectivity index (χ3v) is 3.46. The van der Waals surface area contributed by atoms with Crippen LogP contribution in [-0.4, -0.2) is 31.8 Å². The quantitative estimate of drug-likeness (QED) is 0.466. The highest BCUT2D eigenvalue weighted by atomic mass is 79.9. The van der Waals surface area contributed by atoms with E-state index in [4.69, 9.17) is 4.84 Å². The average Bonchev–Trinajstić information content (AvgIpc) is 2.60. The van der Waals surface area contributed by atoms with Crippen LogP contribution in [-0.2, 0) is 14.4 Å². The Morgan fingerprint density at radius 2 is 1.79 bits per heavy atom. The third kappa shape index (κ3) is 5.51. The number of rotatable bonds is 6. The molecule has 0 unspecified atom stereocenters. The van der Waals surface area contributed by atoms with Crippen molar-refractivity contribution < 1.29 is 19.2 Å². The minimum atomic E-state index is -0.432. The van der Waals surface area contributed by atoms with E-state index in [-0.39, 0.29) is 12.5 Å². The van der Waals surface area contributed by atoms with Gasteiger partial charge in [0.15, 0.2) is 6.61 Å². The van der Waals surface area contributed by atoms with Crippen LogP contribution in [0.4, 0.5) is 5.69 Å². The molecule has 0 aromatic heterocycles. The fourth-order valence-electron chi connectivity index (χ4n) is 1.75. The van der Waals surface area contributed by atoms with E-state index in [2.05, 4.69) is 31.1 Å². The van der Waals surface area contributed by atoms with Crippen LogP contribution in [0.3, 0.4) is 0 Å². The van der Waals surface area contributed by atoms with Gasteiger partial charge in [-0.15, -0.1) is 0 Å². The van der Waals surface area contributed by atoms with Gasteiger partial charge in [0, 0.05) is 10.2 Å². The van der Waals surface area contributed by atoms with Crippen molar-refractivity contribution >= 4 is 39.7 Å². The van der Waals surface area contributed by atoms with Crippen molar-refractivity contribution in [2.24, 2.45) is 5.16 Å². The van der Waals surface area contributed by atoms with Gasteiger partial charge in [0.1, 0.15) is 0 Å². The number of hydrogen-bond acceptors (Lipinski definition) is 5. The van der Waals surface area contributed by atoms with Gasteiger partial charge in [-0.25, -0.2) is 4.79 Å². The topological polar surface area (TPSA) is 77.0 Å². The first kappa shape index (κ1) is 17.7. The fourth-order valence-corrected chi connectivity index (χ4v) is 2.01. The SMILES string of the molecule is COC(=O)c1ccc(NC(=O)CO/N=C\c2ccc(Br)cc2)cc1. The Labute approximate surface area is 147 Å². The van der Waals surface area contributed by atoms with Crippen LogP contribution in [0.2, 0.25) is 0 Å². The van der Waals surface area contributed by atoms with Crippen molar-refractivity contribution in [3.8, 4) is 0 Å². The smallest absolute Gasteiger partial charge is 0.337 e. The van der Waals surface area contributed by atoms with E-state index in [9.17, 15) is 9.59 Å². The average molecular weight is 391 g/mol. The number of anilines is 1. The van der Waals surface area contributed by atoms with E-state index in [0.29, 0.717) is 11.3 Å². The van der Waals surface area contributed by atoms with Gasteiger partial charge in [0.25, 0.3) is 5.91 Å². The molecule has 2 rings (SSSR count). The zero-order chi connectivity index (χ0) is 17.4. The Hall–Kier alpha value is -2.67. The van der Waals surface area contributed by atoms with Crippen molar-refractivity contribution in [2.75, 3.05) is 19.0 Å². The number of esters is 1. The summed E-state index contributed by atoms with van der Waals surface area (Å²) in [5.74, 6) is -0.785. The van der Waals surface area contributed by atoms with Crippen LogP contribution in [0.25, 0.3) is 0 Å². The molecule has 0 atom stereocenters. The van der Waals surface area contributed by atoms with Crippen LogP contribution >= 0.6 is 15.9 Å². The maximum Gasteiger partial charge on any atom is 0.337 e. The maximum absolute atomic E-state index is 11.7. The minimum Gasteiger partial charge on any atom is -0.465 e. The molecule has 0 bridgehead atoms. The summed E-state index contributed by atoms with van der Waals surface area (Å²) in [4.78, 5) is 28.0. The summed E-state index contributed by atoms with van der Waals surface area (Å²) in [5.41, 5.74) is 1.82. The Balaban J connectivity index is 1.78. The summed E-state index contributed by atoms with van der Waals surface area (Å²) in [6, 6.07) is 13.8. The van der Waals surface area contributed by atoms with E-state index in [0.717, 1.165) is 10.0 Å². The second kappa shape index (κ2) is 8.83. The predicted molar refractivity (Wildman–Crippen MR) is 94.1 cm³/mol. The number of ether oxygens (including phenoxy) is 1. The molecule has 0 spiro atoms. The Morgan fingerprint density at radius 3 is 2.42 bits per heavy atom. The highest BCUT2D eigenvalue weighted by Gasteiger charge is 2.06. The molecule has 0 heterocycles. The number of nitrogens with zero attached hydrogens (tertiary/aromatic N) is 1. The molecule has 1 amide bonds. The zero-order valence-electron chi connectivity index (χ0n) is 12.9. The number of amides is 1. The van der Waals surface area contributed by atoms with Gasteiger partial charge in [-0.1, -0.05) is 33.2 Å². The first-order valence-electron chi connectivity index (χ1n) is 6.97. The summed E-state index contributed by atoms with van der Waals surface area (Å²) >= 11 is 3.34. The van der Waals surface area contributed by atoms with Crippen molar-refractivity contribution in [1.29, 1.82) is 0 Å². The van der Waals surface area contributed by atoms with E-state index in [1.54, 1.807) is 24.3 Å². The normalized spacial score (nSPS) is 10.4. The lowest BCUT2D eigenvalue weighted by Gasteiger charge is -2.05. The summed E-state index contributed by atoms with van der Waals surface area (Å²) in [7, 11) is 1.31. The van der Waals surface area contributed by atoms with Gasteiger partial charge in [-0.05, 0) is 42.0 Å².